The fraction of sp³-hybridized carbons (Fsp3) is 0.235. The maximum Gasteiger partial charge on any atom is 0.289 e. The molecule has 0 aliphatic heterocycles. The fourth-order valence-electron chi connectivity index (χ4n) is 2.31. The standard InChI is InChI=1S/C17H17FN4O2/c1-12(11-22-7-3-6-20-22)10-19-17(23)16-9-15(21-24-16)13-4-2-5-14(18)8-13/h2-9,12H,10-11H2,1H3,(H,19,23)/t12-/m1/s1. The Labute approximate surface area is 138 Å². The molecule has 0 saturated heterocycles. The molecule has 0 unspecified atom stereocenters. The van der Waals surface area contributed by atoms with E-state index in [4.69, 9.17) is 4.52 Å². The molecule has 0 saturated carbocycles. The van der Waals surface area contributed by atoms with Crippen molar-refractivity contribution >= 4 is 5.91 Å². The van der Waals surface area contributed by atoms with Gasteiger partial charge in [-0.2, -0.15) is 5.10 Å². The van der Waals surface area contributed by atoms with E-state index in [9.17, 15) is 9.18 Å². The largest absolute Gasteiger partial charge is 0.350 e. The Balaban J connectivity index is 1.57. The summed E-state index contributed by atoms with van der Waals surface area (Å²) in [5.41, 5.74) is 0.981. The minimum Gasteiger partial charge on any atom is -0.350 e. The first-order chi connectivity index (χ1) is 11.6. The highest BCUT2D eigenvalue weighted by molar-refractivity contribution is 5.92. The predicted molar refractivity (Wildman–Crippen MR) is 85.6 cm³/mol. The van der Waals surface area contributed by atoms with E-state index in [0.717, 1.165) is 0 Å². The quantitative estimate of drug-likeness (QED) is 0.755. The first kappa shape index (κ1) is 15.9. The number of rotatable bonds is 6. The average molecular weight is 328 g/mol. The molecule has 7 heteroatoms. The molecule has 0 bridgehead atoms. The van der Waals surface area contributed by atoms with Crippen LogP contribution in [-0.4, -0.2) is 27.4 Å². The first-order valence-corrected chi connectivity index (χ1v) is 7.60. The number of hydrogen-bond donors (Lipinski definition) is 1. The molecule has 1 N–H and O–H groups in total. The third-order valence-electron chi connectivity index (χ3n) is 3.52. The third kappa shape index (κ3) is 3.87. The van der Waals surface area contributed by atoms with Gasteiger partial charge in [0.25, 0.3) is 5.91 Å². The second-order valence-corrected chi connectivity index (χ2v) is 5.63. The Morgan fingerprint density at radius 2 is 2.25 bits per heavy atom. The average Bonchev–Trinajstić information content (AvgIpc) is 3.24. The van der Waals surface area contributed by atoms with Crippen molar-refractivity contribution in [2.75, 3.05) is 6.54 Å². The number of nitrogens with one attached hydrogen (secondary N) is 1. The summed E-state index contributed by atoms with van der Waals surface area (Å²) < 4.78 is 20.1. The van der Waals surface area contributed by atoms with Crippen molar-refractivity contribution in [3.05, 3.63) is 60.4 Å². The fourth-order valence-corrected chi connectivity index (χ4v) is 2.31. The van der Waals surface area contributed by atoms with Crippen LogP contribution in [0.2, 0.25) is 0 Å². The summed E-state index contributed by atoms with van der Waals surface area (Å²) in [4.78, 5) is 12.1. The van der Waals surface area contributed by atoms with Gasteiger partial charge in [0.1, 0.15) is 11.5 Å². The molecule has 0 radical (unpaired) electrons. The molecule has 2 heterocycles. The summed E-state index contributed by atoms with van der Waals surface area (Å²) in [5, 5.41) is 10.7. The summed E-state index contributed by atoms with van der Waals surface area (Å²) in [6.45, 7) is 3.20. The van der Waals surface area contributed by atoms with Crippen LogP contribution in [0.5, 0.6) is 0 Å². The van der Waals surface area contributed by atoms with E-state index in [0.29, 0.717) is 24.3 Å². The third-order valence-corrected chi connectivity index (χ3v) is 3.52. The van der Waals surface area contributed by atoms with Gasteiger partial charge in [-0.1, -0.05) is 24.2 Å². The van der Waals surface area contributed by atoms with E-state index < -0.39 is 0 Å². The van der Waals surface area contributed by atoms with E-state index >= 15 is 0 Å². The van der Waals surface area contributed by atoms with Crippen molar-refractivity contribution in [1.29, 1.82) is 0 Å². The minimum atomic E-state index is -0.367. The minimum absolute atomic E-state index is 0.0977. The van der Waals surface area contributed by atoms with E-state index in [1.54, 1.807) is 18.3 Å². The number of benzene rings is 1. The lowest BCUT2D eigenvalue weighted by molar-refractivity contribution is 0.0909. The molecule has 3 rings (SSSR count). The van der Waals surface area contributed by atoms with Crippen LogP contribution in [0, 0.1) is 11.7 Å². The summed E-state index contributed by atoms with van der Waals surface area (Å²) in [5.74, 6) is -0.411. The van der Waals surface area contributed by atoms with Gasteiger partial charge in [0.2, 0.25) is 5.76 Å². The van der Waals surface area contributed by atoms with E-state index in [-0.39, 0.29) is 23.4 Å². The highest BCUT2D eigenvalue weighted by atomic mass is 19.1. The lowest BCUT2D eigenvalue weighted by Crippen LogP contribution is -2.29. The normalized spacial score (nSPS) is 12.1. The van der Waals surface area contributed by atoms with Crippen molar-refractivity contribution in [1.82, 2.24) is 20.3 Å². The van der Waals surface area contributed by atoms with Crippen molar-refractivity contribution < 1.29 is 13.7 Å². The molecule has 0 aliphatic carbocycles. The molecule has 124 valence electrons. The van der Waals surface area contributed by atoms with Crippen LogP contribution < -0.4 is 5.32 Å². The number of carbonyl (C=O) groups excluding carboxylic acids is 1. The maximum atomic E-state index is 13.2. The van der Waals surface area contributed by atoms with Crippen molar-refractivity contribution in [3.8, 4) is 11.3 Å². The molecule has 6 nitrogen and oxygen atoms in total. The molecular formula is C17H17FN4O2. The smallest absolute Gasteiger partial charge is 0.289 e. The van der Waals surface area contributed by atoms with Crippen LogP contribution in [0.4, 0.5) is 4.39 Å². The zero-order valence-electron chi connectivity index (χ0n) is 13.1. The van der Waals surface area contributed by atoms with E-state index in [1.807, 2.05) is 23.9 Å². The highest BCUT2D eigenvalue weighted by Crippen LogP contribution is 2.19. The molecule has 1 amide bonds. The first-order valence-electron chi connectivity index (χ1n) is 7.60. The van der Waals surface area contributed by atoms with Gasteiger partial charge in [0, 0.05) is 37.1 Å². The molecular weight excluding hydrogens is 311 g/mol. The Morgan fingerprint density at radius 3 is 3.00 bits per heavy atom. The molecule has 3 aromatic rings. The summed E-state index contributed by atoms with van der Waals surface area (Å²) in [7, 11) is 0. The zero-order chi connectivity index (χ0) is 16.9. The number of aromatic nitrogens is 3. The van der Waals surface area contributed by atoms with Crippen molar-refractivity contribution in [2.45, 2.75) is 13.5 Å². The highest BCUT2D eigenvalue weighted by Gasteiger charge is 2.15. The SMILES string of the molecule is C[C@H](CNC(=O)c1cc(-c2cccc(F)c2)no1)Cn1cccn1. The molecule has 0 spiro atoms. The summed E-state index contributed by atoms with van der Waals surface area (Å²) in [6, 6.07) is 9.32. The van der Waals surface area contributed by atoms with Gasteiger partial charge in [0.05, 0.1) is 0 Å². The molecule has 0 aliphatic rings. The van der Waals surface area contributed by atoms with Crippen LogP contribution in [0.3, 0.4) is 0 Å². The van der Waals surface area contributed by atoms with Gasteiger partial charge in [-0.05, 0) is 24.1 Å². The number of nitrogens with zero attached hydrogens (tertiary/aromatic N) is 3. The number of hydrogen-bond acceptors (Lipinski definition) is 4. The van der Waals surface area contributed by atoms with Crippen LogP contribution in [0.25, 0.3) is 11.3 Å². The molecule has 1 atom stereocenters. The topological polar surface area (TPSA) is 73.0 Å². The second-order valence-electron chi connectivity index (χ2n) is 5.63. The second kappa shape index (κ2) is 7.08. The molecule has 1 aromatic carbocycles. The Bertz CT molecular complexity index is 814. The Hall–Kier alpha value is -2.96. The van der Waals surface area contributed by atoms with E-state index in [1.165, 1.54) is 18.2 Å². The van der Waals surface area contributed by atoms with Gasteiger partial charge in [-0.15, -0.1) is 0 Å². The lowest BCUT2D eigenvalue weighted by Gasteiger charge is -2.11. The number of amides is 1. The Kier molecular flexibility index (Phi) is 4.69. The van der Waals surface area contributed by atoms with Crippen LogP contribution in [-0.2, 0) is 6.54 Å². The monoisotopic (exact) mass is 328 g/mol. The van der Waals surface area contributed by atoms with Crippen molar-refractivity contribution in [2.24, 2.45) is 5.92 Å². The number of carbonyl (C=O) groups is 1. The van der Waals surface area contributed by atoms with Gasteiger partial charge >= 0.3 is 0 Å². The van der Waals surface area contributed by atoms with Gasteiger partial charge in [-0.3, -0.25) is 9.48 Å². The van der Waals surface area contributed by atoms with Gasteiger partial charge in [-0.25, -0.2) is 4.39 Å². The summed E-state index contributed by atoms with van der Waals surface area (Å²) >= 11 is 0. The van der Waals surface area contributed by atoms with Crippen LogP contribution in [0.1, 0.15) is 17.5 Å². The van der Waals surface area contributed by atoms with E-state index in [2.05, 4.69) is 15.6 Å². The predicted octanol–water partition coefficient (Wildman–Crippen LogP) is 2.74. The number of halogens is 1. The molecule has 24 heavy (non-hydrogen) atoms. The molecule has 0 fully saturated rings. The van der Waals surface area contributed by atoms with Crippen molar-refractivity contribution in [3.63, 3.8) is 0 Å². The van der Waals surface area contributed by atoms with Crippen LogP contribution in [0.15, 0.2) is 53.3 Å². The Morgan fingerprint density at radius 1 is 1.38 bits per heavy atom. The summed E-state index contributed by atoms with van der Waals surface area (Å²) in [6.07, 6.45) is 3.59. The van der Waals surface area contributed by atoms with Gasteiger partial charge in [0.15, 0.2) is 0 Å². The van der Waals surface area contributed by atoms with Crippen LogP contribution >= 0.6 is 0 Å². The maximum absolute atomic E-state index is 13.2. The lowest BCUT2D eigenvalue weighted by atomic mass is 10.1. The van der Waals surface area contributed by atoms with Gasteiger partial charge < -0.3 is 9.84 Å². The zero-order valence-corrected chi connectivity index (χ0v) is 13.1. The molecule has 2 aromatic heterocycles.